The monoisotopic (exact) mass is 343 g/mol. The molecule has 1 atom stereocenters. The molecule has 7 heteroatoms. The van der Waals surface area contributed by atoms with Crippen LogP contribution >= 0.6 is 11.6 Å². The van der Waals surface area contributed by atoms with Crippen molar-refractivity contribution in [2.45, 2.75) is 44.7 Å². The van der Waals surface area contributed by atoms with Gasteiger partial charge < -0.3 is 15.0 Å². The fourth-order valence-electron chi connectivity index (χ4n) is 2.65. The lowest BCUT2D eigenvalue weighted by Gasteiger charge is -2.27. The molecule has 0 aromatic carbocycles. The quantitative estimate of drug-likeness (QED) is 0.862. The van der Waals surface area contributed by atoms with Crippen LogP contribution in [0.2, 0.25) is 5.02 Å². The Bertz CT molecular complexity index is 568. The number of pyridine rings is 1. The third-order valence-electron chi connectivity index (χ3n) is 3.93. The van der Waals surface area contributed by atoms with Gasteiger partial charge in [0.2, 0.25) is 11.8 Å². The van der Waals surface area contributed by atoms with Crippen LogP contribution in [-0.2, 0) is 4.79 Å². The van der Waals surface area contributed by atoms with Crippen LogP contribution in [0.15, 0.2) is 12.3 Å². The first-order chi connectivity index (χ1) is 10.8. The Hall–Kier alpha value is -1.40. The number of carbonyl (C=O) groups excluding carboxylic acids is 1. The number of carbonyl (C=O) groups is 1. The highest BCUT2D eigenvalue weighted by Crippen LogP contribution is 2.20. The van der Waals surface area contributed by atoms with Crippen molar-refractivity contribution in [1.82, 2.24) is 15.2 Å². The minimum Gasteiger partial charge on any atom is -0.475 e. The number of rotatable bonds is 6. The van der Waals surface area contributed by atoms with Crippen LogP contribution in [0.25, 0.3) is 0 Å². The summed E-state index contributed by atoms with van der Waals surface area (Å²) < 4.78 is 18.6. The Morgan fingerprint density at radius 3 is 2.96 bits per heavy atom. The highest BCUT2D eigenvalue weighted by atomic mass is 35.5. The van der Waals surface area contributed by atoms with Crippen molar-refractivity contribution >= 4 is 17.5 Å². The molecule has 2 rings (SSSR count). The lowest BCUT2D eigenvalue weighted by Crippen LogP contribution is -2.49. The van der Waals surface area contributed by atoms with E-state index in [1.165, 1.54) is 6.07 Å². The zero-order valence-electron chi connectivity index (χ0n) is 13.7. The average Bonchev–Trinajstić information content (AvgIpc) is 2.85. The lowest BCUT2D eigenvalue weighted by atomic mass is 10.1. The number of nitrogens with zero attached hydrogens (tertiary/aromatic N) is 2. The molecule has 0 unspecified atom stereocenters. The molecule has 1 aromatic heterocycles. The third-order valence-corrected chi connectivity index (χ3v) is 4.22. The average molecular weight is 344 g/mol. The van der Waals surface area contributed by atoms with E-state index in [0.717, 1.165) is 25.6 Å². The molecule has 1 N–H and O–H groups in total. The summed E-state index contributed by atoms with van der Waals surface area (Å²) in [6, 6.07) is 1.63. The van der Waals surface area contributed by atoms with Gasteiger partial charge in [-0.25, -0.2) is 9.37 Å². The van der Waals surface area contributed by atoms with Gasteiger partial charge >= 0.3 is 0 Å². The van der Waals surface area contributed by atoms with Crippen LogP contribution in [0.4, 0.5) is 4.39 Å². The second-order valence-corrected chi connectivity index (χ2v) is 7.05. The highest BCUT2D eigenvalue weighted by molar-refractivity contribution is 6.30. The maximum absolute atomic E-state index is 13.1. The van der Waals surface area contributed by atoms with Crippen molar-refractivity contribution in [2.75, 3.05) is 20.2 Å². The molecule has 1 aliphatic rings. The number of likely N-dealkylation sites (tertiary alicyclic amines) is 1. The predicted octanol–water partition coefficient (Wildman–Crippen LogP) is 2.63. The van der Waals surface area contributed by atoms with Crippen LogP contribution in [0, 0.1) is 5.82 Å². The van der Waals surface area contributed by atoms with Gasteiger partial charge in [0.15, 0.2) is 5.82 Å². The number of hydrogen-bond donors (Lipinski definition) is 1. The number of hydrogen-bond acceptors (Lipinski definition) is 4. The molecule has 1 aromatic rings. The zero-order valence-corrected chi connectivity index (χ0v) is 14.5. The van der Waals surface area contributed by atoms with Crippen LogP contribution in [0.3, 0.4) is 0 Å². The Morgan fingerprint density at radius 2 is 2.35 bits per heavy atom. The second-order valence-electron chi connectivity index (χ2n) is 6.64. The molecule has 0 bridgehead atoms. The fourth-order valence-corrected chi connectivity index (χ4v) is 2.79. The first kappa shape index (κ1) is 17.9. The molecule has 5 nitrogen and oxygen atoms in total. The van der Waals surface area contributed by atoms with Crippen molar-refractivity contribution in [3.05, 3.63) is 23.1 Å². The number of aromatic nitrogens is 1. The number of amides is 1. The molecule has 23 heavy (non-hydrogen) atoms. The van der Waals surface area contributed by atoms with Crippen LogP contribution < -0.4 is 10.1 Å². The molecule has 0 spiro atoms. The Labute approximate surface area is 141 Å². The van der Waals surface area contributed by atoms with Crippen LogP contribution in [-0.4, -0.2) is 47.6 Å². The largest absolute Gasteiger partial charge is 0.475 e. The van der Waals surface area contributed by atoms with Crippen molar-refractivity contribution in [1.29, 1.82) is 0 Å². The summed E-state index contributed by atoms with van der Waals surface area (Å²) in [5.41, 5.74) is -0.559. The topological polar surface area (TPSA) is 54.5 Å². The van der Waals surface area contributed by atoms with E-state index in [0.29, 0.717) is 12.5 Å². The Morgan fingerprint density at radius 1 is 1.61 bits per heavy atom. The fraction of sp³-hybridized carbons (Fsp3) is 0.625. The maximum atomic E-state index is 13.1. The maximum Gasteiger partial charge on any atom is 0.222 e. The van der Waals surface area contributed by atoms with Gasteiger partial charge in [0.1, 0.15) is 6.61 Å². The molecule has 1 amide bonds. The summed E-state index contributed by atoms with van der Waals surface area (Å²) in [4.78, 5) is 18.2. The van der Waals surface area contributed by atoms with Gasteiger partial charge in [-0.2, -0.15) is 0 Å². The van der Waals surface area contributed by atoms with Crippen LogP contribution in [0.1, 0.15) is 33.1 Å². The molecule has 1 saturated heterocycles. The smallest absolute Gasteiger partial charge is 0.222 e. The molecular weight excluding hydrogens is 321 g/mol. The van der Waals surface area contributed by atoms with Crippen molar-refractivity contribution in [3.8, 4) is 5.88 Å². The third kappa shape index (κ3) is 5.32. The van der Waals surface area contributed by atoms with E-state index in [1.807, 2.05) is 20.9 Å². The second kappa shape index (κ2) is 7.45. The highest BCUT2D eigenvalue weighted by Gasteiger charge is 2.27. The summed E-state index contributed by atoms with van der Waals surface area (Å²) >= 11 is 5.69. The van der Waals surface area contributed by atoms with E-state index in [4.69, 9.17) is 16.3 Å². The van der Waals surface area contributed by atoms with Gasteiger partial charge in [-0.3, -0.25) is 4.79 Å². The molecule has 1 fully saturated rings. The van der Waals surface area contributed by atoms with Gasteiger partial charge in [-0.1, -0.05) is 11.6 Å². The van der Waals surface area contributed by atoms with E-state index < -0.39 is 11.4 Å². The molecule has 0 aliphatic carbocycles. The SMILES string of the molecule is CN1CCC[C@H]1CC(=O)NC(C)(C)COc1cc(Cl)c(F)cn1. The molecule has 2 heterocycles. The normalized spacial score (nSPS) is 18.9. The van der Waals surface area contributed by atoms with Gasteiger partial charge in [-0.15, -0.1) is 0 Å². The number of nitrogens with one attached hydrogen (secondary N) is 1. The van der Waals surface area contributed by atoms with E-state index >= 15 is 0 Å². The lowest BCUT2D eigenvalue weighted by molar-refractivity contribution is -0.124. The molecule has 128 valence electrons. The van der Waals surface area contributed by atoms with E-state index in [1.54, 1.807) is 0 Å². The summed E-state index contributed by atoms with van der Waals surface area (Å²) in [6.07, 6.45) is 3.69. The van der Waals surface area contributed by atoms with Gasteiger partial charge in [0.05, 0.1) is 16.8 Å². The summed E-state index contributed by atoms with van der Waals surface area (Å²) in [5.74, 6) is -0.357. The van der Waals surface area contributed by atoms with Crippen molar-refractivity contribution in [3.63, 3.8) is 0 Å². The summed E-state index contributed by atoms with van der Waals surface area (Å²) in [7, 11) is 2.04. The number of halogens is 2. The van der Waals surface area contributed by atoms with E-state index in [9.17, 15) is 9.18 Å². The van der Waals surface area contributed by atoms with Gasteiger partial charge in [-0.05, 0) is 40.3 Å². The van der Waals surface area contributed by atoms with Gasteiger partial charge in [0, 0.05) is 18.5 Å². The first-order valence-corrected chi connectivity index (χ1v) is 8.10. The standard InChI is InChI=1S/C16H23ClFN3O2/c1-16(2,10-23-15-8-12(17)13(18)9-19-15)20-14(22)7-11-5-4-6-21(11)3/h8-9,11H,4-7,10H2,1-3H3,(H,20,22)/t11-/m0/s1. The molecule has 1 aliphatic heterocycles. The minimum absolute atomic E-state index is 0.00227. The van der Waals surface area contributed by atoms with Crippen molar-refractivity contribution in [2.24, 2.45) is 0 Å². The molecule has 0 saturated carbocycles. The van der Waals surface area contributed by atoms with E-state index in [2.05, 4.69) is 15.2 Å². The zero-order chi connectivity index (χ0) is 17.0. The molecule has 0 radical (unpaired) electrons. The number of ether oxygens (including phenoxy) is 1. The first-order valence-electron chi connectivity index (χ1n) is 7.72. The summed E-state index contributed by atoms with van der Waals surface area (Å²) in [5, 5.41) is 2.93. The Kier molecular flexibility index (Phi) is 5.81. The van der Waals surface area contributed by atoms with E-state index in [-0.39, 0.29) is 23.4 Å². The van der Waals surface area contributed by atoms with Gasteiger partial charge in [0.25, 0.3) is 0 Å². The molecular formula is C16H23ClFN3O2. The predicted molar refractivity (Wildman–Crippen MR) is 87.2 cm³/mol. The minimum atomic E-state index is -0.590. The van der Waals surface area contributed by atoms with Crippen LogP contribution in [0.5, 0.6) is 5.88 Å². The van der Waals surface area contributed by atoms with Crippen molar-refractivity contribution < 1.29 is 13.9 Å². The summed E-state index contributed by atoms with van der Waals surface area (Å²) in [6.45, 7) is 5.00. The Balaban J connectivity index is 1.83.